The van der Waals surface area contributed by atoms with Crippen molar-refractivity contribution in [2.45, 2.75) is 13.0 Å². The summed E-state index contributed by atoms with van der Waals surface area (Å²) in [6.45, 7) is 0.460. The first-order valence-corrected chi connectivity index (χ1v) is 12.8. The largest absolute Gasteiger partial charge is 0.496 e. The number of aromatic nitrogens is 1. The maximum atomic E-state index is 11.2. The lowest BCUT2D eigenvalue weighted by molar-refractivity contribution is -0.667. The zero-order chi connectivity index (χ0) is 21.3. The molecule has 0 amide bonds. The van der Waals surface area contributed by atoms with Crippen LogP contribution in [0.25, 0.3) is 32.5 Å². The molecule has 0 spiro atoms. The second kappa shape index (κ2) is 8.64. The van der Waals surface area contributed by atoms with Crippen LogP contribution in [0.3, 0.4) is 0 Å². The number of thiophene rings is 1. The van der Waals surface area contributed by atoms with Gasteiger partial charge in [0.1, 0.15) is 15.1 Å². The van der Waals surface area contributed by atoms with E-state index in [1.807, 2.05) is 53.9 Å². The Morgan fingerprint density at radius 1 is 1.23 bits per heavy atom. The Morgan fingerprint density at radius 2 is 2.03 bits per heavy atom. The molecule has 2 heterocycles. The van der Waals surface area contributed by atoms with Gasteiger partial charge in [-0.3, -0.25) is 4.55 Å². The molecule has 5 nitrogen and oxygen atoms in total. The number of rotatable bonds is 7. The lowest BCUT2D eigenvalue weighted by atomic mass is 10.2. The molecule has 2 aromatic carbocycles. The minimum atomic E-state index is -4.01. The number of aryl methyl sites for hydroxylation is 1. The molecule has 0 aliphatic carbocycles. The number of hydrogen-bond acceptors (Lipinski definition) is 5. The highest BCUT2D eigenvalue weighted by Crippen LogP contribution is 2.38. The Morgan fingerprint density at radius 3 is 2.77 bits per heavy atom. The molecule has 0 saturated carbocycles. The van der Waals surface area contributed by atoms with Gasteiger partial charge < -0.3 is 4.74 Å². The van der Waals surface area contributed by atoms with Gasteiger partial charge in [-0.25, -0.2) is 0 Å². The van der Waals surface area contributed by atoms with Crippen molar-refractivity contribution in [3.8, 4) is 5.75 Å². The normalized spacial score (nSPS) is 12.4. The summed E-state index contributed by atoms with van der Waals surface area (Å²) in [5.41, 5.74) is 1.94. The summed E-state index contributed by atoms with van der Waals surface area (Å²) in [5.74, 6) is 0.529. The van der Waals surface area contributed by atoms with E-state index in [0.29, 0.717) is 18.0 Å². The van der Waals surface area contributed by atoms with Crippen molar-refractivity contribution >= 4 is 76.8 Å². The van der Waals surface area contributed by atoms with E-state index in [0.717, 1.165) is 36.6 Å². The van der Waals surface area contributed by atoms with Crippen molar-refractivity contribution in [2.75, 3.05) is 12.9 Å². The van der Waals surface area contributed by atoms with Gasteiger partial charge in [-0.2, -0.15) is 13.0 Å². The molecular formula is C21H19ClNO4S3+. The Bertz CT molecular complexity index is 1360. The third kappa shape index (κ3) is 4.38. The molecule has 0 atom stereocenters. The Balaban J connectivity index is 1.85. The lowest BCUT2D eigenvalue weighted by Crippen LogP contribution is -2.36. The molecule has 9 heteroatoms. The highest BCUT2D eigenvalue weighted by atomic mass is 35.5. The molecule has 30 heavy (non-hydrogen) atoms. The van der Waals surface area contributed by atoms with Crippen LogP contribution in [0.15, 0.2) is 41.8 Å². The van der Waals surface area contributed by atoms with Crippen LogP contribution in [0.5, 0.6) is 5.75 Å². The third-order valence-corrected chi connectivity index (χ3v) is 7.87. The topological polar surface area (TPSA) is 67.5 Å². The molecule has 4 rings (SSSR count). The van der Waals surface area contributed by atoms with Gasteiger partial charge in [0.25, 0.3) is 15.1 Å². The Kier molecular flexibility index (Phi) is 6.13. The maximum Gasteiger partial charge on any atom is 0.265 e. The van der Waals surface area contributed by atoms with Crippen molar-refractivity contribution < 1.29 is 22.3 Å². The summed E-state index contributed by atoms with van der Waals surface area (Å²) in [6.07, 6.45) is 4.25. The standard InChI is InChI=1S/C21H18ClNO4S3/c1-27-17-13-18-20(21-15(17)9-11-28-21)23(10-4-12-30(24,25)26)19(29-18)8-7-14-5-2-3-6-16(14)22/h2-3,5-9,11,13H,4,10,12H2,1H3/p+1. The summed E-state index contributed by atoms with van der Waals surface area (Å²) in [7, 11) is -2.35. The number of benzene rings is 2. The SMILES string of the molecule is COc1cc2sc(C=Cc3ccccc3Cl)[n+](CCCS(=O)(=O)O)c2c2sccc12. The third-order valence-electron chi connectivity index (χ3n) is 4.71. The molecule has 0 radical (unpaired) electrons. The van der Waals surface area contributed by atoms with E-state index in [-0.39, 0.29) is 5.75 Å². The van der Waals surface area contributed by atoms with Gasteiger partial charge in [-0.15, -0.1) is 11.3 Å². The van der Waals surface area contributed by atoms with Gasteiger partial charge in [0.2, 0.25) is 5.52 Å². The van der Waals surface area contributed by atoms with Crippen LogP contribution in [0.4, 0.5) is 0 Å². The van der Waals surface area contributed by atoms with Gasteiger partial charge in [0, 0.05) is 29.0 Å². The number of fused-ring (bicyclic) bond motifs is 3. The van der Waals surface area contributed by atoms with E-state index in [1.54, 1.807) is 29.8 Å². The molecule has 1 N–H and O–H groups in total. The second-order valence-electron chi connectivity index (χ2n) is 6.68. The number of nitrogens with zero attached hydrogens (tertiary/aromatic N) is 1. The maximum absolute atomic E-state index is 11.2. The molecule has 0 bridgehead atoms. The van der Waals surface area contributed by atoms with E-state index in [9.17, 15) is 8.42 Å². The van der Waals surface area contributed by atoms with Crippen molar-refractivity contribution in [1.82, 2.24) is 0 Å². The average Bonchev–Trinajstić information content (AvgIpc) is 3.30. The van der Waals surface area contributed by atoms with E-state index in [4.69, 9.17) is 20.9 Å². The number of methoxy groups -OCH3 is 1. The van der Waals surface area contributed by atoms with Crippen LogP contribution < -0.4 is 9.30 Å². The molecule has 0 fully saturated rings. The van der Waals surface area contributed by atoms with Crippen LogP contribution in [0.2, 0.25) is 5.02 Å². The van der Waals surface area contributed by atoms with Gasteiger partial charge >= 0.3 is 0 Å². The van der Waals surface area contributed by atoms with Crippen LogP contribution >= 0.6 is 34.3 Å². The molecular weight excluding hydrogens is 462 g/mol. The first kappa shape index (κ1) is 21.3. The predicted octanol–water partition coefficient (Wildman–Crippen LogP) is 5.51. The molecule has 2 aromatic heterocycles. The fraction of sp³-hybridized carbons (Fsp3) is 0.190. The highest BCUT2D eigenvalue weighted by Gasteiger charge is 2.24. The number of hydrogen-bond donors (Lipinski definition) is 1. The van der Waals surface area contributed by atoms with E-state index >= 15 is 0 Å². The van der Waals surface area contributed by atoms with Crippen LogP contribution in [-0.4, -0.2) is 25.8 Å². The van der Waals surface area contributed by atoms with Crippen molar-refractivity contribution in [1.29, 1.82) is 0 Å². The average molecular weight is 481 g/mol. The summed E-state index contributed by atoms with van der Waals surface area (Å²) >= 11 is 9.51. The quantitative estimate of drug-likeness (QED) is 0.279. The molecule has 0 unspecified atom stereocenters. The van der Waals surface area contributed by atoms with Crippen molar-refractivity contribution in [3.63, 3.8) is 0 Å². The van der Waals surface area contributed by atoms with Gasteiger partial charge in [0.15, 0.2) is 6.54 Å². The van der Waals surface area contributed by atoms with Gasteiger partial charge in [-0.1, -0.05) is 41.1 Å². The summed E-state index contributed by atoms with van der Waals surface area (Å²) in [6, 6.07) is 11.6. The fourth-order valence-corrected chi connectivity index (χ4v) is 6.22. The Labute approximate surface area is 187 Å². The van der Waals surface area contributed by atoms with Gasteiger partial charge in [0.05, 0.1) is 12.9 Å². The molecule has 0 aliphatic heterocycles. The van der Waals surface area contributed by atoms with Gasteiger partial charge in [-0.05, 0) is 29.2 Å². The molecule has 0 saturated heterocycles. The number of ether oxygens (including phenoxy) is 1. The molecule has 156 valence electrons. The van der Waals surface area contributed by atoms with Crippen molar-refractivity contribution in [2.24, 2.45) is 0 Å². The van der Waals surface area contributed by atoms with E-state index in [2.05, 4.69) is 4.57 Å². The van der Waals surface area contributed by atoms with E-state index in [1.165, 1.54) is 0 Å². The van der Waals surface area contributed by atoms with Crippen LogP contribution in [0, 0.1) is 0 Å². The summed E-state index contributed by atoms with van der Waals surface area (Å²) in [4.78, 5) is 0. The zero-order valence-electron chi connectivity index (χ0n) is 16.0. The predicted molar refractivity (Wildman–Crippen MR) is 125 cm³/mol. The summed E-state index contributed by atoms with van der Waals surface area (Å²) < 4.78 is 41.4. The minimum absolute atomic E-state index is 0.283. The first-order chi connectivity index (χ1) is 14.4. The monoisotopic (exact) mass is 480 g/mol. The van der Waals surface area contributed by atoms with Crippen LogP contribution in [-0.2, 0) is 16.7 Å². The lowest BCUT2D eigenvalue weighted by Gasteiger charge is -2.02. The first-order valence-electron chi connectivity index (χ1n) is 9.15. The highest BCUT2D eigenvalue weighted by molar-refractivity contribution is 7.85. The molecule has 4 aromatic rings. The number of halogens is 1. The van der Waals surface area contributed by atoms with Crippen molar-refractivity contribution in [3.05, 3.63) is 57.4 Å². The smallest absolute Gasteiger partial charge is 0.265 e. The van der Waals surface area contributed by atoms with Crippen LogP contribution in [0.1, 0.15) is 17.0 Å². The number of thiazole rings is 1. The Hall–Kier alpha value is -1.97. The summed E-state index contributed by atoms with van der Waals surface area (Å²) in [5, 5.41) is 4.67. The fourth-order valence-electron chi connectivity index (χ4n) is 3.37. The minimum Gasteiger partial charge on any atom is -0.496 e. The molecule has 0 aliphatic rings. The second-order valence-corrected chi connectivity index (χ2v) is 10.6. The zero-order valence-corrected chi connectivity index (χ0v) is 19.2. The van der Waals surface area contributed by atoms with E-state index < -0.39 is 10.1 Å².